The molecule has 0 saturated carbocycles. The maximum absolute atomic E-state index is 10.3. The molecule has 0 aliphatic rings. The molecule has 0 aliphatic carbocycles. The summed E-state index contributed by atoms with van der Waals surface area (Å²) in [7, 11) is -1.15. The molecule has 0 heterocycles. The number of halogens is 4. The summed E-state index contributed by atoms with van der Waals surface area (Å²) >= 11 is 24.2. The molecule has 22 heavy (non-hydrogen) atoms. The van der Waals surface area contributed by atoms with E-state index in [0.717, 1.165) is 0 Å². The third-order valence-corrected chi connectivity index (χ3v) is 6.82. The molecule has 2 nitrogen and oxygen atoms in total. The van der Waals surface area contributed by atoms with Gasteiger partial charge in [-0.05, 0) is 37.8 Å². The summed E-state index contributed by atoms with van der Waals surface area (Å²) in [5, 5.41) is 22.9. The van der Waals surface area contributed by atoms with Crippen molar-refractivity contribution < 1.29 is 10.2 Å². The van der Waals surface area contributed by atoms with Crippen LogP contribution in [0.15, 0.2) is 24.3 Å². The summed E-state index contributed by atoms with van der Waals surface area (Å²) in [4.78, 5) is 0. The lowest BCUT2D eigenvalue weighted by atomic mass is 10.3. The Morgan fingerprint density at radius 1 is 0.773 bits per heavy atom. The first-order valence-corrected chi connectivity index (χ1v) is 9.30. The second kappa shape index (κ2) is 7.03. The van der Waals surface area contributed by atoms with E-state index < -0.39 is 7.92 Å². The van der Waals surface area contributed by atoms with Crippen molar-refractivity contribution in [3.63, 3.8) is 0 Å². The normalized spacial score (nSPS) is 11.5. The number of benzene rings is 2. The van der Waals surface area contributed by atoms with Crippen LogP contribution in [0.5, 0.6) is 11.5 Å². The second-order valence-electron chi connectivity index (χ2n) is 4.97. The molecule has 0 radical (unpaired) electrons. The maximum atomic E-state index is 10.3. The predicted octanol–water partition coefficient (Wildman–Crippen LogP) is 5.55. The first kappa shape index (κ1) is 18.0. The zero-order valence-electron chi connectivity index (χ0n) is 11.7. The van der Waals surface area contributed by atoms with E-state index >= 15 is 0 Å². The largest absolute Gasteiger partial charge is 0.506 e. The van der Waals surface area contributed by atoms with E-state index in [1.54, 1.807) is 12.1 Å². The van der Waals surface area contributed by atoms with E-state index in [1.807, 2.05) is 13.8 Å². The first-order chi connectivity index (χ1) is 10.2. The molecular formula is C15H13Cl4O2P. The van der Waals surface area contributed by atoms with Crippen molar-refractivity contribution >= 4 is 64.9 Å². The van der Waals surface area contributed by atoms with Crippen molar-refractivity contribution in [3.8, 4) is 11.5 Å². The summed E-state index contributed by atoms with van der Waals surface area (Å²) in [6.07, 6.45) is 0. The van der Waals surface area contributed by atoms with Gasteiger partial charge in [0.25, 0.3) is 0 Å². The molecule has 2 aromatic rings. The monoisotopic (exact) mass is 396 g/mol. The fourth-order valence-corrected chi connectivity index (χ4v) is 6.05. The van der Waals surface area contributed by atoms with Crippen LogP contribution >= 0.6 is 54.3 Å². The van der Waals surface area contributed by atoms with E-state index in [0.29, 0.717) is 20.7 Å². The molecule has 0 aromatic heterocycles. The molecule has 0 aliphatic heterocycles. The van der Waals surface area contributed by atoms with Gasteiger partial charge in [0.15, 0.2) is 0 Å². The second-order valence-corrected chi connectivity index (χ2v) is 9.40. The molecule has 0 fully saturated rings. The highest BCUT2D eigenvalue weighted by atomic mass is 35.5. The van der Waals surface area contributed by atoms with Crippen LogP contribution in [0.25, 0.3) is 0 Å². The van der Waals surface area contributed by atoms with Crippen LogP contribution in [0.1, 0.15) is 13.8 Å². The number of aromatic hydroxyl groups is 2. The Labute approximate surface area is 150 Å². The van der Waals surface area contributed by atoms with Crippen LogP contribution in [-0.2, 0) is 0 Å². The van der Waals surface area contributed by atoms with Gasteiger partial charge in [0, 0.05) is 20.7 Å². The standard InChI is InChI=1S/C15H13Cl4O2P/c1-7(2)22(12-5-8(16)3-10(18)14(12)20)13-6-9(17)4-11(19)15(13)21/h3-7,20-21H,1-2H3. The number of rotatable bonds is 3. The number of hydrogen-bond acceptors (Lipinski definition) is 2. The van der Waals surface area contributed by atoms with Gasteiger partial charge in [0.1, 0.15) is 11.5 Å². The quantitative estimate of drug-likeness (QED) is 0.666. The Bertz CT molecular complexity index is 662. The van der Waals surface area contributed by atoms with Crippen molar-refractivity contribution in [2.24, 2.45) is 0 Å². The zero-order valence-corrected chi connectivity index (χ0v) is 15.7. The van der Waals surface area contributed by atoms with Crippen LogP contribution in [0.3, 0.4) is 0 Å². The molecule has 0 saturated heterocycles. The van der Waals surface area contributed by atoms with Gasteiger partial charge in [-0.1, -0.05) is 60.3 Å². The van der Waals surface area contributed by atoms with Gasteiger partial charge in [0.05, 0.1) is 10.0 Å². The van der Waals surface area contributed by atoms with Crippen LogP contribution in [0.4, 0.5) is 0 Å². The molecule has 0 bridgehead atoms. The molecule has 0 spiro atoms. The Hall–Kier alpha value is -0.370. The summed E-state index contributed by atoms with van der Waals surface area (Å²) < 4.78 is 0. The van der Waals surface area contributed by atoms with Crippen molar-refractivity contribution in [1.82, 2.24) is 0 Å². The average molecular weight is 398 g/mol. The Morgan fingerprint density at radius 2 is 1.14 bits per heavy atom. The third kappa shape index (κ3) is 3.58. The summed E-state index contributed by atoms with van der Waals surface area (Å²) in [5.74, 6) is -0.0808. The van der Waals surface area contributed by atoms with Gasteiger partial charge in [-0.3, -0.25) is 0 Å². The highest BCUT2D eigenvalue weighted by Crippen LogP contribution is 2.47. The van der Waals surface area contributed by atoms with Gasteiger partial charge < -0.3 is 10.2 Å². The van der Waals surface area contributed by atoms with Crippen molar-refractivity contribution in [3.05, 3.63) is 44.4 Å². The van der Waals surface area contributed by atoms with Crippen LogP contribution < -0.4 is 10.6 Å². The highest BCUT2D eigenvalue weighted by Gasteiger charge is 2.26. The van der Waals surface area contributed by atoms with E-state index in [4.69, 9.17) is 46.4 Å². The molecule has 0 unspecified atom stereocenters. The minimum Gasteiger partial charge on any atom is -0.506 e. The third-order valence-electron chi connectivity index (χ3n) is 3.05. The number of phenolic OH excluding ortho intramolecular Hbond substituents is 2. The van der Waals surface area contributed by atoms with E-state index in [2.05, 4.69) is 0 Å². The van der Waals surface area contributed by atoms with Gasteiger partial charge in [-0.25, -0.2) is 0 Å². The zero-order chi connectivity index (χ0) is 16.6. The summed E-state index contributed by atoms with van der Waals surface area (Å²) in [6, 6.07) is 6.26. The fraction of sp³-hybridized carbons (Fsp3) is 0.200. The summed E-state index contributed by atoms with van der Waals surface area (Å²) in [5.41, 5.74) is 0.0934. The van der Waals surface area contributed by atoms with Gasteiger partial charge in [-0.15, -0.1) is 0 Å². The number of hydrogen-bond donors (Lipinski definition) is 2. The molecule has 2 N–H and O–H groups in total. The minimum absolute atomic E-state index is 0.0404. The Morgan fingerprint density at radius 3 is 1.45 bits per heavy atom. The van der Waals surface area contributed by atoms with E-state index in [1.165, 1.54) is 12.1 Å². The molecule has 0 atom stereocenters. The van der Waals surface area contributed by atoms with Crippen LogP contribution in [0, 0.1) is 0 Å². The topological polar surface area (TPSA) is 40.5 Å². The van der Waals surface area contributed by atoms with Crippen molar-refractivity contribution in [2.75, 3.05) is 0 Å². The van der Waals surface area contributed by atoms with Crippen LogP contribution in [-0.4, -0.2) is 15.9 Å². The SMILES string of the molecule is CC(C)P(c1cc(Cl)cc(Cl)c1O)c1cc(Cl)cc(Cl)c1O. The number of phenols is 2. The minimum atomic E-state index is -1.15. The highest BCUT2D eigenvalue weighted by molar-refractivity contribution is 7.74. The van der Waals surface area contributed by atoms with Crippen molar-refractivity contribution in [2.45, 2.75) is 19.5 Å². The molecule has 2 aromatic carbocycles. The fourth-order valence-electron chi connectivity index (χ4n) is 2.16. The molecule has 118 valence electrons. The maximum Gasteiger partial charge on any atom is 0.142 e. The first-order valence-electron chi connectivity index (χ1n) is 6.37. The molecule has 2 rings (SSSR count). The average Bonchev–Trinajstić information content (AvgIpc) is 2.40. The predicted molar refractivity (Wildman–Crippen MR) is 97.6 cm³/mol. The molecule has 7 heteroatoms. The van der Waals surface area contributed by atoms with E-state index in [9.17, 15) is 10.2 Å². The Kier molecular flexibility index (Phi) is 5.74. The molecule has 0 amide bonds. The van der Waals surface area contributed by atoms with Gasteiger partial charge in [0.2, 0.25) is 0 Å². The smallest absolute Gasteiger partial charge is 0.142 e. The Balaban J connectivity index is 2.73. The van der Waals surface area contributed by atoms with Gasteiger partial charge >= 0.3 is 0 Å². The summed E-state index contributed by atoms with van der Waals surface area (Å²) in [6.45, 7) is 3.96. The van der Waals surface area contributed by atoms with E-state index in [-0.39, 0.29) is 27.2 Å². The lowest BCUT2D eigenvalue weighted by Crippen LogP contribution is -2.19. The lowest BCUT2D eigenvalue weighted by molar-refractivity contribution is 0.479. The lowest BCUT2D eigenvalue weighted by Gasteiger charge is -2.25. The van der Waals surface area contributed by atoms with Crippen LogP contribution in [0.2, 0.25) is 20.1 Å². The molecular weight excluding hydrogens is 385 g/mol. The van der Waals surface area contributed by atoms with Crippen molar-refractivity contribution in [1.29, 1.82) is 0 Å². The van der Waals surface area contributed by atoms with Gasteiger partial charge in [-0.2, -0.15) is 0 Å².